The van der Waals surface area contributed by atoms with E-state index < -0.39 is 11.8 Å². The van der Waals surface area contributed by atoms with E-state index in [0.717, 1.165) is 11.5 Å². The Morgan fingerprint density at radius 2 is 1.96 bits per heavy atom. The molecule has 1 aromatic rings. The van der Waals surface area contributed by atoms with Crippen LogP contribution in [0.25, 0.3) is 0 Å². The lowest BCUT2D eigenvalue weighted by molar-refractivity contribution is -0.187. The Hall–Kier alpha value is -1.93. The van der Waals surface area contributed by atoms with Crippen molar-refractivity contribution >= 4 is 17.6 Å². The normalized spacial score (nSPS) is 23.4. The van der Waals surface area contributed by atoms with Gasteiger partial charge in [0.25, 0.3) is 0 Å². The summed E-state index contributed by atoms with van der Waals surface area (Å²) >= 11 is 0. The molecule has 0 bridgehead atoms. The molecule has 142 valence electrons. The molecule has 1 aromatic heterocycles. The molecule has 2 amide bonds. The summed E-state index contributed by atoms with van der Waals surface area (Å²) in [4.78, 5) is 29.3. The molecule has 1 atom stereocenters. The van der Waals surface area contributed by atoms with Crippen molar-refractivity contribution in [2.45, 2.75) is 57.9 Å². The Balaban J connectivity index is 1.52. The highest BCUT2D eigenvalue weighted by Crippen LogP contribution is 2.33. The lowest BCUT2D eigenvalue weighted by Crippen LogP contribution is -2.56. The Bertz CT molecular complexity index is 700. The Kier molecular flexibility index (Phi) is 4.48. The summed E-state index contributed by atoms with van der Waals surface area (Å²) in [6.07, 6.45) is 2.31. The molecule has 0 aliphatic carbocycles. The number of fused-ring (bicyclic) bond motifs is 1. The van der Waals surface area contributed by atoms with Crippen LogP contribution in [0.3, 0.4) is 0 Å². The SMILES string of the molecule is CCC(C(=O)N1CCC2(CC1)OCCO2)N1C(=O)CCn2nc(C)cc21. The smallest absolute Gasteiger partial charge is 0.245 e. The van der Waals surface area contributed by atoms with Gasteiger partial charge in [0.2, 0.25) is 11.8 Å². The Morgan fingerprint density at radius 1 is 1.27 bits per heavy atom. The zero-order valence-corrected chi connectivity index (χ0v) is 15.4. The second-order valence-electron chi connectivity index (χ2n) is 7.24. The van der Waals surface area contributed by atoms with E-state index in [1.54, 1.807) is 4.90 Å². The van der Waals surface area contributed by atoms with E-state index >= 15 is 0 Å². The first-order valence-electron chi connectivity index (χ1n) is 9.46. The number of aryl methyl sites for hydroxylation is 2. The van der Waals surface area contributed by atoms with Gasteiger partial charge in [-0.05, 0) is 13.3 Å². The summed E-state index contributed by atoms with van der Waals surface area (Å²) < 4.78 is 13.3. The summed E-state index contributed by atoms with van der Waals surface area (Å²) in [5.41, 5.74) is 0.859. The summed E-state index contributed by atoms with van der Waals surface area (Å²) in [6, 6.07) is 1.40. The average Bonchev–Trinajstić information content (AvgIpc) is 3.24. The van der Waals surface area contributed by atoms with E-state index in [0.29, 0.717) is 58.5 Å². The molecule has 2 saturated heterocycles. The van der Waals surface area contributed by atoms with Crippen LogP contribution >= 0.6 is 0 Å². The molecule has 0 saturated carbocycles. The van der Waals surface area contributed by atoms with Crippen molar-refractivity contribution in [1.82, 2.24) is 14.7 Å². The molecule has 1 unspecified atom stereocenters. The number of hydrogen-bond acceptors (Lipinski definition) is 5. The first-order valence-corrected chi connectivity index (χ1v) is 9.46. The molecule has 0 radical (unpaired) electrons. The molecule has 26 heavy (non-hydrogen) atoms. The monoisotopic (exact) mass is 362 g/mol. The molecule has 8 heteroatoms. The Morgan fingerprint density at radius 3 is 2.62 bits per heavy atom. The fraction of sp³-hybridized carbons (Fsp3) is 0.722. The molecule has 3 aliphatic rings. The zero-order chi connectivity index (χ0) is 18.3. The van der Waals surface area contributed by atoms with Crippen molar-refractivity contribution in [3.63, 3.8) is 0 Å². The van der Waals surface area contributed by atoms with Crippen LogP contribution in [0.1, 0.15) is 38.3 Å². The predicted molar refractivity (Wildman–Crippen MR) is 93.6 cm³/mol. The summed E-state index contributed by atoms with van der Waals surface area (Å²) in [5.74, 6) is 0.222. The van der Waals surface area contributed by atoms with Crippen LogP contribution in [0.5, 0.6) is 0 Å². The molecule has 3 aliphatic heterocycles. The van der Waals surface area contributed by atoms with Gasteiger partial charge in [-0.15, -0.1) is 0 Å². The van der Waals surface area contributed by atoms with E-state index in [-0.39, 0.29) is 11.8 Å². The lowest BCUT2D eigenvalue weighted by Gasteiger charge is -2.41. The highest BCUT2D eigenvalue weighted by atomic mass is 16.7. The molecule has 2 fully saturated rings. The zero-order valence-electron chi connectivity index (χ0n) is 15.4. The van der Waals surface area contributed by atoms with E-state index in [9.17, 15) is 9.59 Å². The molecule has 4 rings (SSSR count). The first kappa shape index (κ1) is 17.5. The van der Waals surface area contributed by atoms with Gasteiger partial charge in [-0.2, -0.15) is 5.10 Å². The van der Waals surface area contributed by atoms with Crippen molar-refractivity contribution in [3.05, 3.63) is 11.8 Å². The largest absolute Gasteiger partial charge is 0.347 e. The fourth-order valence-electron chi connectivity index (χ4n) is 4.21. The van der Waals surface area contributed by atoms with Crippen molar-refractivity contribution < 1.29 is 19.1 Å². The van der Waals surface area contributed by atoms with Crippen LogP contribution in [0, 0.1) is 6.92 Å². The minimum atomic E-state index is -0.505. The van der Waals surface area contributed by atoms with Gasteiger partial charge in [-0.1, -0.05) is 6.92 Å². The van der Waals surface area contributed by atoms with Crippen molar-refractivity contribution in [2.24, 2.45) is 0 Å². The standard InChI is InChI=1S/C18H26N4O4/c1-3-14(22-15-12-13(2)19-21(15)7-4-16(22)23)17(24)20-8-5-18(6-9-20)25-10-11-26-18/h12,14H,3-11H2,1-2H3. The number of piperidine rings is 1. The molecule has 8 nitrogen and oxygen atoms in total. The quantitative estimate of drug-likeness (QED) is 0.804. The molecule has 0 N–H and O–H groups in total. The Labute approximate surface area is 153 Å². The number of ether oxygens (including phenoxy) is 2. The minimum absolute atomic E-state index is 0.000926. The number of rotatable bonds is 3. The molecular weight excluding hydrogens is 336 g/mol. The van der Waals surface area contributed by atoms with Gasteiger partial charge >= 0.3 is 0 Å². The van der Waals surface area contributed by atoms with Crippen LogP contribution in [0.15, 0.2) is 6.07 Å². The van der Waals surface area contributed by atoms with E-state index in [4.69, 9.17) is 9.47 Å². The second-order valence-corrected chi connectivity index (χ2v) is 7.24. The van der Waals surface area contributed by atoms with Gasteiger partial charge in [0.15, 0.2) is 5.79 Å². The third-order valence-corrected chi connectivity index (χ3v) is 5.57. The van der Waals surface area contributed by atoms with Gasteiger partial charge in [0.05, 0.1) is 25.5 Å². The van der Waals surface area contributed by atoms with Crippen molar-refractivity contribution in [1.29, 1.82) is 0 Å². The van der Waals surface area contributed by atoms with Gasteiger partial charge in [-0.3, -0.25) is 14.5 Å². The van der Waals surface area contributed by atoms with E-state index in [1.165, 1.54) is 0 Å². The van der Waals surface area contributed by atoms with Crippen LogP contribution in [0.2, 0.25) is 0 Å². The number of carbonyl (C=O) groups is 2. The maximum atomic E-state index is 13.2. The minimum Gasteiger partial charge on any atom is -0.347 e. The van der Waals surface area contributed by atoms with Gasteiger partial charge in [-0.25, -0.2) is 4.68 Å². The van der Waals surface area contributed by atoms with Crippen LogP contribution < -0.4 is 4.90 Å². The number of aromatic nitrogens is 2. The number of likely N-dealkylation sites (tertiary alicyclic amines) is 1. The fourth-order valence-corrected chi connectivity index (χ4v) is 4.21. The number of amides is 2. The molecule has 1 spiro atoms. The van der Waals surface area contributed by atoms with Crippen molar-refractivity contribution in [2.75, 3.05) is 31.2 Å². The van der Waals surface area contributed by atoms with Crippen LogP contribution in [0.4, 0.5) is 5.82 Å². The second kappa shape index (κ2) is 6.66. The van der Waals surface area contributed by atoms with Gasteiger partial charge in [0, 0.05) is 38.4 Å². The maximum Gasteiger partial charge on any atom is 0.245 e. The highest BCUT2D eigenvalue weighted by molar-refractivity contribution is 6.01. The molecule has 0 aromatic carbocycles. The third kappa shape index (κ3) is 2.91. The van der Waals surface area contributed by atoms with Crippen LogP contribution in [-0.4, -0.2) is 64.6 Å². The van der Waals surface area contributed by atoms with Crippen LogP contribution in [-0.2, 0) is 25.6 Å². The number of anilines is 1. The van der Waals surface area contributed by atoms with Gasteiger partial charge in [0.1, 0.15) is 11.9 Å². The maximum absolute atomic E-state index is 13.2. The lowest BCUT2D eigenvalue weighted by atomic mass is 10.0. The highest BCUT2D eigenvalue weighted by Gasteiger charge is 2.43. The van der Waals surface area contributed by atoms with E-state index in [2.05, 4.69) is 5.10 Å². The number of hydrogen-bond donors (Lipinski definition) is 0. The summed E-state index contributed by atoms with van der Waals surface area (Å²) in [7, 11) is 0. The van der Waals surface area contributed by atoms with Crippen molar-refractivity contribution in [3.8, 4) is 0 Å². The van der Waals surface area contributed by atoms with Gasteiger partial charge < -0.3 is 14.4 Å². The van der Waals surface area contributed by atoms with E-state index in [1.807, 2.05) is 29.5 Å². The average molecular weight is 362 g/mol. The molecule has 4 heterocycles. The summed E-state index contributed by atoms with van der Waals surface area (Å²) in [6.45, 7) is 6.86. The summed E-state index contributed by atoms with van der Waals surface area (Å²) in [5, 5.41) is 4.44. The number of carbonyl (C=O) groups excluding carboxylic acids is 2. The molecular formula is C18H26N4O4. The first-order chi connectivity index (χ1) is 12.5. The predicted octanol–water partition coefficient (Wildman–Crippen LogP) is 1.07. The third-order valence-electron chi connectivity index (χ3n) is 5.57. The topological polar surface area (TPSA) is 76.9 Å². The number of nitrogens with zero attached hydrogens (tertiary/aromatic N) is 4.